The van der Waals surface area contributed by atoms with Crippen molar-refractivity contribution < 1.29 is 23.6 Å². The number of aryl methyl sites for hydroxylation is 1. The third-order valence-corrected chi connectivity index (χ3v) is 5.73. The van der Waals surface area contributed by atoms with Gasteiger partial charge in [0.1, 0.15) is 13.2 Å². The molecular weight excluding hydrogens is 419 g/mol. The molecule has 150 valence electrons. The van der Waals surface area contributed by atoms with Gasteiger partial charge in [0.2, 0.25) is 0 Å². The highest BCUT2D eigenvalue weighted by Gasteiger charge is 2.20. The Balaban J connectivity index is 1.69. The molecule has 0 unspecified atom stereocenters. The molecule has 0 spiro atoms. The maximum atomic E-state index is 13.5. The first-order valence-corrected chi connectivity index (χ1v) is 10.1. The Labute approximate surface area is 173 Å². The molecule has 0 aliphatic carbocycles. The molecular formula is C19H15FN2O5S2. The summed E-state index contributed by atoms with van der Waals surface area (Å²) in [6.45, 7) is 1.65. The molecule has 0 aliphatic heterocycles. The second-order valence-electron chi connectivity index (χ2n) is 5.71. The Hall–Kier alpha value is -2.98. The summed E-state index contributed by atoms with van der Waals surface area (Å²) in [5, 5.41) is 12.9. The summed E-state index contributed by atoms with van der Waals surface area (Å²) in [5.41, 5.74) is 0.677. The molecule has 0 atom stereocenters. The third kappa shape index (κ3) is 5.52. The first-order chi connectivity index (χ1) is 13.9. The second-order valence-corrected chi connectivity index (χ2v) is 7.86. The van der Waals surface area contributed by atoms with E-state index in [9.17, 15) is 19.3 Å². The van der Waals surface area contributed by atoms with Crippen LogP contribution in [0.15, 0.2) is 57.1 Å². The molecule has 0 saturated heterocycles. The lowest BCUT2D eigenvalue weighted by Crippen LogP contribution is -2.13. The molecule has 7 nitrogen and oxygen atoms in total. The molecule has 0 amide bonds. The number of carbonyl (C=O) groups is 1. The summed E-state index contributed by atoms with van der Waals surface area (Å²) in [5.74, 6) is -1.20. The zero-order valence-electron chi connectivity index (χ0n) is 15.2. The van der Waals surface area contributed by atoms with Crippen LogP contribution in [0.2, 0.25) is 0 Å². The highest BCUT2D eigenvalue weighted by atomic mass is 32.2. The number of nitro groups is 1. The van der Waals surface area contributed by atoms with Gasteiger partial charge in [-0.1, -0.05) is 23.9 Å². The van der Waals surface area contributed by atoms with E-state index < -0.39 is 16.7 Å². The lowest BCUT2D eigenvalue weighted by atomic mass is 10.2. The number of non-ortho nitro benzene ring substituents is 1. The number of rotatable bonds is 8. The van der Waals surface area contributed by atoms with Gasteiger partial charge in [-0.05, 0) is 25.1 Å². The number of ether oxygens (including phenoxy) is 2. The van der Waals surface area contributed by atoms with Crippen molar-refractivity contribution in [3.63, 3.8) is 0 Å². The Morgan fingerprint density at radius 1 is 1.28 bits per heavy atom. The maximum absolute atomic E-state index is 13.5. The fourth-order valence-electron chi connectivity index (χ4n) is 2.28. The molecule has 10 heteroatoms. The van der Waals surface area contributed by atoms with Gasteiger partial charge in [0, 0.05) is 28.1 Å². The van der Waals surface area contributed by atoms with Crippen LogP contribution in [0.1, 0.15) is 16.1 Å². The number of nitrogens with zero attached hydrogens (tertiary/aromatic N) is 2. The predicted molar refractivity (Wildman–Crippen MR) is 106 cm³/mol. The van der Waals surface area contributed by atoms with Crippen molar-refractivity contribution in [2.75, 3.05) is 13.2 Å². The summed E-state index contributed by atoms with van der Waals surface area (Å²) in [6.07, 6.45) is 0. The zero-order chi connectivity index (χ0) is 20.8. The number of benzene rings is 2. The number of para-hydroxylation sites is 1. The fraction of sp³-hybridized carbons (Fsp3) is 0.158. The summed E-state index contributed by atoms with van der Waals surface area (Å²) < 4.78 is 24.6. The van der Waals surface area contributed by atoms with Gasteiger partial charge < -0.3 is 9.47 Å². The number of hydrogen-bond acceptors (Lipinski definition) is 8. The van der Waals surface area contributed by atoms with E-state index in [1.165, 1.54) is 59.5 Å². The normalized spacial score (nSPS) is 10.6. The van der Waals surface area contributed by atoms with Crippen LogP contribution < -0.4 is 4.74 Å². The van der Waals surface area contributed by atoms with Crippen LogP contribution in [0.3, 0.4) is 0 Å². The topological polar surface area (TPSA) is 91.6 Å². The molecule has 0 radical (unpaired) electrons. The standard InChI is InChI=1S/C19H15FN2O5S2/c1-12-11-28-19(21-12)29-17-7-6-13(22(24)25)10-14(17)18(23)27-9-8-26-16-5-3-2-4-15(16)20/h2-7,10-11H,8-9H2,1H3. The van der Waals surface area contributed by atoms with Gasteiger partial charge in [0.15, 0.2) is 15.9 Å². The SMILES string of the molecule is Cc1csc(Sc2ccc([N+](=O)[O-])cc2C(=O)OCCOc2ccccc2F)n1. The van der Waals surface area contributed by atoms with Crippen LogP contribution in [0.4, 0.5) is 10.1 Å². The van der Waals surface area contributed by atoms with Crippen molar-refractivity contribution in [3.8, 4) is 5.75 Å². The second kappa shape index (κ2) is 9.48. The van der Waals surface area contributed by atoms with Crippen LogP contribution in [-0.2, 0) is 4.74 Å². The molecule has 0 saturated carbocycles. The molecule has 0 fully saturated rings. The quantitative estimate of drug-likeness (QED) is 0.216. The molecule has 0 aliphatic rings. The van der Waals surface area contributed by atoms with E-state index in [2.05, 4.69) is 4.98 Å². The van der Waals surface area contributed by atoms with Crippen molar-refractivity contribution in [2.45, 2.75) is 16.2 Å². The van der Waals surface area contributed by atoms with E-state index in [0.29, 0.717) is 9.24 Å². The average molecular weight is 434 g/mol. The fourth-order valence-corrected chi connectivity index (χ4v) is 4.17. The van der Waals surface area contributed by atoms with Crippen molar-refractivity contribution in [3.05, 3.63) is 75.0 Å². The van der Waals surface area contributed by atoms with E-state index in [-0.39, 0.29) is 30.2 Å². The van der Waals surface area contributed by atoms with E-state index in [0.717, 1.165) is 5.69 Å². The van der Waals surface area contributed by atoms with E-state index in [4.69, 9.17) is 9.47 Å². The van der Waals surface area contributed by atoms with Gasteiger partial charge in [-0.15, -0.1) is 11.3 Å². The van der Waals surface area contributed by atoms with Crippen molar-refractivity contribution >= 4 is 34.8 Å². The van der Waals surface area contributed by atoms with E-state index in [1.807, 2.05) is 12.3 Å². The monoisotopic (exact) mass is 434 g/mol. The number of hydrogen-bond donors (Lipinski definition) is 0. The number of carbonyl (C=O) groups excluding carboxylic acids is 1. The van der Waals surface area contributed by atoms with Gasteiger partial charge in [0.25, 0.3) is 5.69 Å². The Kier molecular flexibility index (Phi) is 6.78. The minimum atomic E-state index is -0.735. The van der Waals surface area contributed by atoms with E-state index in [1.54, 1.807) is 6.07 Å². The smallest absolute Gasteiger partial charge is 0.339 e. The number of nitro benzene ring substituents is 1. The zero-order valence-corrected chi connectivity index (χ0v) is 16.8. The van der Waals surface area contributed by atoms with Gasteiger partial charge in [-0.3, -0.25) is 10.1 Å². The molecule has 0 N–H and O–H groups in total. The summed E-state index contributed by atoms with van der Waals surface area (Å²) in [6, 6.07) is 9.86. The Morgan fingerprint density at radius 3 is 2.76 bits per heavy atom. The van der Waals surface area contributed by atoms with E-state index >= 15 is 0 Å². The van der Waals surface area contributed by atoms with Gasteiger partial charge in [-0.25, -0.2) is 14.2 Å². The van der Waals surface area contributed by atoms with Crippen LogP contribution in [-0.4, -0.2) is 29.1 Å². The molecule has 2 aromatic carbocycles. The minimum absolute atomic E-state index is 0.0503. The molecule has 29 heavy (non-hydrogen) atoms. The van der Waals surface area contributed by atoms with Gasteiger partial charge >= 0.3 is 5.97 Å². The lowest BCUT2D eigenvalue weighted by Gasteiger charge is -2.10. The number of thiazole rings is 1. The van der Waals surface area contributed by atoms with Crippen molar-refractivity contribution in [2.24, 2.45) is 0 Å². The predicted octanol–water partition coefficient (Wildman–Crippen LogP) is 4.89. The number of esters is 1. The molecule has 0 bridgehead atoms. The highest BCUT2D eigenvalue weighted by molar-refractivity contribution is 8.01. The highest BCUT2D eigenvalue weighted by Crippen LogP contribution is 2.34. The van der Waals surface area contributed by atoms with Gasteiger partial charge in [-0.2, -0.15) is 0 Å². The lowest BCUT2D eigenvalue weighted by molar-refractivity contribution is -0.384. The average Bonchev–Trinajstić information content (AvgIpc) is 3.11. The van der Waals surface area contributed by atoms with Crippen molar-refractivity contribution in [1.29, 1.82) is 0 Å². The van der Waals surface area contributed by atoms with Crippen LogP contribution in [0, 0.1) is 22.9 Å². The maximum Gasteiger partial charge on any atom is 0.339 e. The summed E-state index contributed by atoms with van der Waals surface area (Å²) in [7, 11) is 0. The summed E-state index contributed by atoms with van der Waals surface area (Å²) in [4.78, 5) is 27.8. The van der Waals surface area contributed by atoms with Crippen LogP contribution in [0.5, 0.6) is 5.75 Å². The first kappa shape index (κ1) is 20.7. The molecule has 1 heterocycles. The largest absolute Gasteiger partial charge is 0.487 e. The van der Waals surface area contributed by atoms with Crippen LogP contribution >= 0.6 is 23.1 Å². The first-order valence-electron chi connectivity index (χ1n) is 8.37. The third-order valence-electron chi connectivity index (χ3n) is 3.60. The summed E-state index contributed by atoms with van der Waals surface area (Å²) >= 11 is 2.63. The molecule has 3 rings (SSSR count). The van der Waals surface area contributed by atoms with Crippen LogP contribution in [0.25, 0.3) is 0 Å². The number of aromatic nitrogens is 1. The molecule has 1 aromatic heterocycles. The Morgan fingerprint density at radius 2 is 2.07 bits per heavy atom. The minimum Gasteiger partial charge on any atom is -0.487 e. The van der Waals surface area contributed by atoms with Gasteiger partial charge in [0.05, 0.1) is 10.5 Å². The number of halogens is 1. The van der Waals surface area contributed by atoms with Crippen molar-refractivity contribution in [1.82, 2.24) is 4.98 Å². The Bertz CT molecular complexity index is 1040. The molecule has 3 aromatic rings.